The summed E-state index contributed by atoms with van der Waals surface area (Å²) in [4.78, 5) is 8.41. The Morgan fingerprint density at radius 2 is 1.92 bits per heavy atom. The van der Waals surface area contributed by atoms with Crippen LogP contribution in [0.4, 0.5) is 0 Å². The summed E-state index contributed by atoms with van der Waals surface area (Å²) >= 11 is 0. The van der Waals surface area contributed by atoms with Gasteiger partial charge in [-0.05, 0) is 50.1 Å². The number of aryl methyl sites for hydroxylation is 1. The number of guanidine groups is 1. The monoisotopic (exact) mass is 356 g/mol. The summed E-state index contributed by atoms with van der Waals surface area (Å²) in [6.45, 7) is 7.65. The Morgan fingerprint density at radius 3 is 2.62 bits per heavy atom. The Bertz CT molecular complexity index is 691. The van der Waals surface area contributed by atoms with E-state index >= 15 is 0 Å². The molecule has 2 aromatic rings. The molecule has 0 saturated carbocycles. The molecule has 0 spiro atoms. The van der Waals surface area contributed by atoms with E-state index in [-0.39, 0.29) is 12.6 Å². The highest BCUT2D eigenvalue weighted by molar-refractivity contribution is 5.79. The standard InChI is InChI=1S/C20H28N4O2/c1-4-22-20(24-14-18(25)17-9-11-21-12-10-17)23-13-16(3)26-19-8-6-5-7-15(19)2/h5-12,16,18,25H,4,13-14H2,1-3H3,(H2,22,23,24). The molecule has 6 nitrogen and oxygen atoms in total. The zero-order valence-corrected chi connectivity index (χ0v) is 15.6. The number of hydrogen-bond donors (Lipinski definition) is 3. The molecular weight excluding hydrogens is 328 g/mol. The normalized spacial score (nSPS) is 13.8. The third kappa shape index (κ3) is 6.37. The first-order chi connectivity index (χ1) is 12.6. The molecule has 0 saturated heterocycles. The lowest BCUT2D eigenvalue weighted by Crippen LogP contribution is -2.42. The molecule has 0 aliphatic carbocycles. The third-order valence-corrected chi connectivity index (χ3v) is 3.84. The fraction of sp³-hybridized carbons (Fsp3) is 0.400. The van der Waals surface area contributed by atoms with Crippen molar-refractivity contribution >= 4 is 5.96 Å². The highest BCUT2D eigenvalue weighted by Gasteiger charge is 2.09. The van der Waals surface area contributed by atoms with E-state index in [0.29, 0.717) is 12.5 Å². The molecule has 1 heterocycles. The topological polar surface area (TPSA) is 78.8 Å². The number of para-hydroxylation sites is 1. The van der Waals surface area contributed by atoms with Crippen molar-refractivity contribution in [2.24, 2.45) is 4.99 Å². The Balaban J connectivity index is 1.87. The van der Waals surface area contributed by atoms with Crippen LogP contribution in [0.25, 0.3) is 0 Å². The number of nitrogens with zero attached hydrogens (tertiary/aromatic N) is 2. The number of pyridine rings is 1. The first-order valence-corrected chi connectivity index (χ1v) is 8.92. The molecule has 3 N–H and O–H groups in total. The summed E-state index contributed by atoms with van der Waals surface area (Å²) in [6, 6.07) is 11.5. The molecular formula is C20H28N4O2. The van der Waals surface area contributed by atoms with Crippen LogP contribution in [0.3, 0.4) is 0 Å². The summed E-state index contributed by atoms with van der Waals surface area (Å²) in [6.07, 6.45) is 2.64. The number of aliphatic hydroxyl groups is 1. The number of aliphatic imine (C=N–C) groups is 1. The van der Waals surface area contributed by atoms with Crippen molar-refractivity contribution in [1.82, 2.24) is 15.6 Å². The second-order valence-electron chi connectivity index (χ2n) is 6.09. The predicted molar refractivity (Wildman–Crippen MR) is 104 cm³/mol. The fourth-order valence-corrected chi connectivity index (χ4v) is 2.40. The quantitative estimate of drug-likeness (QED) is 0.500. The molecule has 2 unspecified atom stereocenters. The van der Waals surface area contributed by atoms with Crippen molar-refractivity contribution in [2.75, 3.05) is 19.6 Å². The van der Waals surface area contributed by atoms with E-state index in [9.17, 15) is 5.11 Å². The van der Waals surface area contributed by atoms with Crippen molar-refractivity contribution in [2.45, 2.75) is 33.0 Å². The van der Waals surface area contributed by atoms with E-state index < -0.39 is 6.10 Å². The van der Waals surface area contributed by atoms with Crippen LogP contribution in [0.5, 0.6) is 5.75 Å². The van der Waals surface area contributed by atoms with Gasteiger partial charge in [0.05, 0.1) is 19.2 Å². The molecule has 0 aliphatic rings. The number of nitrogens with one attached hydrogen (secondary N) is 2. The zero-order chi connectivity index (χ0) is 18.8. The SMILES string of the molecule is CCNC(=NCC(O)c1ccncc1)NCC(C)Oc1ccccc1C. The summed E-state index contributed by atoms with van der Waals surface area (Å²) < 4.78 is 5.97. The summed E-state index contributed by atoms with van der Waals surface area (Å²) in [5, 5.41) is 16.7. The van der Waals surface area contributed by atoms with Gasteiger partial charge in [0.25, 0.3) is 0 Å². The van der Waals surface area contributed by atoms with Gasteiger partial charge in [0.15, 0.2) is 5.96 Å². The van der Waals surface area contributed by atoms with Gasteiger partial charge in [-0.3, -0.25) is 9.98 Å². The van der Waals surface area contributed by atoms with Crippen molar-refractivity contribution in [3.8, 4) is 5.75 Å². The fourth-order valence-electron chi connectivity index (χ4n) is 2.40. The highest BCUT2D eigenvalue weighted by atomic mass is 16.5. The molecule has 140 valence electrons. The van der Waals surface area contributed by atoms with Crippen molar-refractivity contribution in [1.29, 1.82) is 0 Å². The van der Waals surface area contributed by atoms with Crippen LogP contribution >= 0.6 is 0 Å². The van der Waals surface area contributed by atoms with Crippen LogP contribution in [0, 0.1) is 6.92 Å². The number of benzene rings is 1. The zero-order valence-electron chi connectivity index (χ0n) is 15.6. The summed E-state index contributed by atoms with van der Waals surface area (Å²) in [5.41, 5.74) is 1.91. The van der Waals surface area contributed by atoms with Gasteiger partial charge in [0, 0.05) is 18.9 Å². The maximum atomic E-state index is 10.2. The molecule has 0 bridgehead atoms. The number of rotatable bonds is 8. The first-order valence-electron chi connectivity index (χ1n) is 8.92. The second kappa shape index (κ2) is 10.4. The van der Waals surface area contributed by atoms with Crippen LogP contribution < -0.4 is 15.4 Å². The lowest BCUT2D eigenvalue weighted by atomic mass is 10.1. The average Bonchev–Trinajstić information content (AvgIpc) is 2.66. The highest BCUT2D eigenvalue weighted by Crippen LogP contribution is 2.17. The van der Waals surface area contributed by atoms with Crippen LogP contribution in [0.1, 0.15) is 31.1 Å². The Labute approximate surface area is 155 Å². The van der Waals surface area contributed by atoms with Crippen LogP contribution in [-0.2, 0) is 0 Å². The van der Waals surface area contributed by atoms with Crippen LogP contribution in [0.2, 0.25) is 0 Å². The summed E-state index contributed by atoms with van der Waals surface area (Å²) in [7, 11) is 0. The minimum Gasteiger partial charge on any atom is -0.489 e. The molecule has 1 aromatic heterocycles. The second-order valence-corrected chi connectivity index (χ2v) is 6.09. The molecule has 0 amide bonds. The van der Waals surface area contributed by atoms with E-state index in [1.165, 1.54) is 0 Å². The van der Waals surface area contributed by atoms with Gasteiger partial charge in [-0.15, -0.1) is 0 Å². The summed E-state index contributed by atoms with van der Waals surface area (Å²) in [5.74, 6) is 1.54. The molecule has 26 heavy (non-hydrogen) atoms. The van der Waals surface area contributed by atoms with E-state index in [1.807, 2.05) is 45.0 Å². The van der Waals surface area contributed by atoms with Gasteiger partial charge in [-0.2, -0.15) is 0 Å². The number of aromatic nitrogens is 1. The van der Waals surface area contributed by atoms with E-state index in [0.717, 1.165) is 23.4 Å². The average molecular weight is 356 g/mol. The van der Waals surface area contributed by atoms with Gasteiger partial charge in [-0.1, -0.05) is 18.2 Å². The van der Waals surface area contributed by atoms with E-state index in [2.05, 4.69) is 20.6 Å². The minimum atomic E-state index is -0.658. The van der Waals surface area contributed by atoms with Crippen molar-refractivity contribution < 1.29 is 9.84 Å². The smallest absolute Gasteiger partial charge is 0.191 e. The van der Waals surface area contributed by atoms with Gasteiger partial charge < -0.3 is 20.5 Å². The van der Waals surface area contributed by atoms with Crippen LogP contribution in [0.15, 0.2) is 53.8 Å². The largest absolute Gasteiger partial charge is 0.489 e. The van der Waals surface area contributed by atoms with Crippen molar-refractivity contribution in [3.63, 3.8) is 0 Å². The molecule has 2 rings (SSSR count). The van der Waals surface area contributed by atoms with E-state index in [4.69, 9.17) is 4.74 Å². The minimum absolute atomic E-state index is 0.0231. The first kappa shape index (κ1) is 19.7. The molecule has 6 heteroatoms. The number of ether oxygens (including phenoxy) is 1. The predicted octanol–water partition coefficient (Wildman–Crippen LogP) is 2.45. The lowest BCUT2D eigenvalue weighted by molar-refractivity contribution is 0.187. The van der Waals surface area contributed by atoms with Gasteiger partial charge in [-0.25, -0.2) is 0 Å². The Morgan fingerprint density at radius 1 is 1.19 bits per heavy atom. The van der Waals surface area contributed by atoms with Crippen LogP contribution in [-0.4, -0.2) is 41.8 Å². The van der Waals surface area contributed by atoms with Gasteiger partial charge >= 0.3 is 0 Å². The molecule has 0 fully saturated rings. The van der Waals surface area contributed by atoms with E-state index in [1.54, 1.807) is 24.5 Å². The van der Waals surface area contributed by atoms with Gasteiger partial charge in [0.1, 0.15) is 11.9 Å². The lowest BCUT2D eigenvalue weighted by Gasteiger charge is -2.19. The number of hydrogen-bond acceptors (Lipinski definition) is 4. The van der Waals surface area contributed by atoms with Gasteiger partial charge in [0.2, 0.25) is 0 Å². The maximum Gasteiger partial charge on any atom is 0.191 e. The number of aliphatic hydroxyl groups excluding tert-OH is 1. The third-order valence-electron chi connectivity index (χ3n) is 3.84. The molecule has 0 radical (unpaired) electrons. The maximum absolute atomic E-state index is 10.2. The molecule has 2 atom stereocenters. The molecule has 1 aromatic carbocycles. The Kier molecular flexibility index (Phi) is 7.89. The van der Waals surface area contributed by atoms with Crippen molar-refractivity contribution in [3.05, 3.63) is 59.9 Å². The Hall–Kier alpha value is -2.60. The molecule has 0 aliphatic heterocycles.